The Morgan fingerprint density at radius 2 is 1.87 bits per heavy atom. The summed E-state index contributed by atoms with van der Waals surface area (Å²) in [6, 6.07) is -0.628. The summed E-state index contributed by atoms with van der Waals surface area (Å²) in [5.74, 6) is -0.374. The van der Waals surface area contributed by atoms with Crippen LogP contribution in [0.2, 0.25) is 0 Å². The maximum atomic E-state index is 11.4. The Bertz CT molecular complexity index is 317. The van der Waals surface area contributed by atoms with Gasteiger partial charge in [0.1, 0.15) is 9.84 Å². The number of amides is 1. The molecule has 0 aromatic carbocycles. The highest BCUT2D eigenvalue weighted by Gasteiger charge is 2.27. The lowest BCUT2D eigenvalue weighted by atomic mass is 9.87. The van der Waals surface area contributed by atoms with E-state index >= 15 is 0 Å². The van der Waals surface area contributed by atoms with E-state index in [4.69, 9.17) is 5.73 Å². The van der Waals surface area contributed by atoms with Gasteiger partial charge in [-0.05, 0) is 5.41 Å². The van der Waals surface area contributed by atoms with Crippen molar-refractivity contribution in [3.05, 3.63) is 0 Å². The second kappa shape index (κ2) is 4.94. The molecule has 5 nitrogen and oxygen atoms in total. The molecule has 0 rings (SSSR count). The molecule has 6 heteroatoms. The summed E-state index contributed by atoms with van der Waals surface area (Å²) in [7, 11) is -3.04. The highest BCUT2D eigenvalue weighted by molar-refractivity contribution is 7.90. The SMILES string of the molecule is CC(C)(C)C(N)C(=O)NCCS(C)(=O)=O. The van der Waals surface area contributed by atoms with E-state index in [1.54, 1.807) is 0 Å². The van der Waals surface area contributed by atoms with Crippen molar-refractivity contribution in [2.24, 2.45) is 11.1 Å². The van der Waals surface area contributed by atoms with Crippen LogP contribution in [0.4, 0.5) is 0 Å². The first kappa shape index (κ1) is 14.4. The Morgan fingerprint density at radius 1 is 1.40 bits per heavy atom. The third-order valence-corrected chi connectivity index (χ3v) is 2.93. The van der Waals surface area contributed by atoms with E-state index in [0.717, 1.165) is 6.26 Å². The van der Waals surface area contributed by atoms with Crippen LogP contribution in [0.5, 0.6) is 0 Å². The summed E-state index contributed by atoms with van der Waals surface area (Å²) >= 11 is 0. The first-order valence-electron chi connectivity index (χ1n) is 4.75. The summed E-state index contributed by atoms with van der Waals surface area (Å²) in [5, 5.41) is 2.50. The lowest BCUT2D eigenvalue weighted by molar-refractivity contribution is -0.124. The fourth-order valence-corrected chi connectivity index (χ4v) is 1.34. The number of hydrogen-bond donors (Lipinski definition) is 2. The minimum absolute atomic E-state index is 0.0599. The van der Waals surface area contributed by atoms with Gasteiger partial charge in [0.2, 0.25) is 5.91 Å². The zero-order valence-corrected chi connectivity index (χ0v) is 10.5. The van der Waals surface area contributed by atoms with Crippen LogP contribution >= 0.6 is 0 Å². The molecule has 0 spiro atoms. The second-order valence-corrected chi connectivity index (χ2v) is 7.02. The lowest BCUT2D eigenvalue weighted by Gasteiger charge is -2.25. The van der Waals surface area contributed by atoms with Crippen LogP contribution in [0, 0.1) is 5.41 Å². The van der Waals surface area contributed by atoms with Gasteiger partial charge in [-0.15, -0.1) is 0 Å². The number of sulfone groups is 1. The Morgan fingerprint density at radius 3 is 2.20 bits per heavy atom. The van der Waals surface area contributed by atoms with Gasteiger partial charge >= 0.3 is 0 Å². The van der Waals surface area contributed by atoms with Gasteiger partial charge in [-0.3, -0.25) is 4.79 Å². The van der Waals surface area contributed by atoms with Gasteiger partial charge in [0.05, 0.1) is 11.8 Å². The van der Waals surface area contributed by atoms with E-state index in [1.165, 1.54) is 0 Å². The Labute approximate surface area is 91.3 Å². The van der Waals surface area contributed by atoms with Gasteiger partial charge < -0.3 is 11.1 Å². The predicted molar refractivity (Wildman–Crippen MR) is 60.2 cm³/mol. The predicted octanol–water partition coefficient (Wildman–Crippen LogP) is -0.479. The minimum Gasteiger partial charge on any atom is -0.354 e. The molecule has 0 bridgehead atoms. The molecule has 1 unspecified atom stereocenters. The maximum absolute atomic E-state index is 11.4. The van der Waals surface area contributed by atoms with E-state index in [0.29, 0.717) is 0 Å². The first-order valence-corrected chi connectivity index (χ1v) is 6.81. The molecule has 0 radical (unpaired) electrons. The number of nitrogens with two attached hydrogens (primary N) is 1. The Kier molecular flexibility index (Phi) is 4.73. The van der Waals surface area contributed by atoms with Gasteiger partial charge in [0.15, 0.2) is 0 Å². The van der Waals surface area contributed by atoms with Gasteiger partial charge in [-0.1, -0.05) is 20.8 Å². The van der Waals surface area contributed by atoms with Crippen LogP contribution in [-0.4, -0.2) is 38.9 Å². The molecular weight excluding hydrogens is 216 g/mol. The molecule has 0 aliphatic rings. The highest BCUT2D eigenvalue weighted by atomic mass is 32.2. The van der Waals surface area contributed by atoms with Crippen LogP contribution in [0.3, 0.4) is 0 Å². The Hall–Kier alpha value is -0.620. The summed E-state index contributed by atoms with van der Waals surface area (Å²) in [6.07, 6.45) is 1.13. The summed E-state index contributed by atoms with van der Waals surface area (Å²) in [6.45, 7) is 5.68. The molecule has 1 atom stereocenters. The monoisotopic (exact) mass is 236 g/mol. The number of carbonyl (C=O) groups is 1. The van der Waals surface area contributed by atoms with Crippen molar-refractivity contribution >= 4 is 15.7 Å². The van der Waals surface area contributed by atoms with Gasteiger partial charge in [0, 0.05) is 12.8 Å². The minimum atomic E-state index is -3.04. The number of carbonyl (C=O) groups excluding carboxylic acids is 1. The quantitative estimate of drug-likeness (QED) is 0.690. The zero-order chi connectivity index (χ0) is 12.3. The first-order chi connectivity index (χ1) is 6.54. The molecule has 0 aliphatic heterocycles. The van der Waals surface area contributed by atoms with Crippen molar-refractivity contribution < 1.29 is 13.2 Å². The van der Waals surface area contributed by atoms with Crippen LogP contribution in [0.1, 0.15) is 20.8 Å². The number of nitrogens with one attached hydrogen (secondary N) is 1. The van der Waals surface area contributed by atoms with Crippen LogP contribution in [0.25, 0.3) is 0 Å². The summed E-state index contributed by atoms with van der Waals surface area (Å²) in [5.41, 5.74) is 5.36. The molecule has 0 aromatic rings. The fourth-order valence-electron chi connectivity index (χ4n) is 0.863. The molecule has 15 heavy (non-hydrogen) atoms. The van der Waals surface area contributed by atoms with E-state index in [2.05, 4.69) is 5.32 Å². The topological polar surface area (TPSA) is 89.3 Å². The normalized spacial score (nSPS) is 14.7. The third kappa shape index (κ3) is 6.46. The largest absolute Gasteiger partial charge is 0.354 e. The van der Waals surface area contributed by atoms with E-state index in [-0.39, 0.29) is 23.6 Å². The smallest absolute Gasteiger partial charge is 0.237 e. The summed E-state index contributed by atoms with van der Waals surface area (Å²) < 4.78 is 21.6. The molecule has 0 heterocycles. The second-order valence-electron chi connectivity index (χ2n) is 4.76. The maximum Gasteiger partial charge on any atom is 0.237 e. The lowest BCUT2D eigenvalue weighted by Crippen LogP contribution is -2.49. The number of hydrogen-bond acceptors (Lipinski definition) is 4. The average Bonchev–Trinajstić information content (AvgIpc) is 1.98. The van der Waals surface area contributed by atoms with Crippen molar-refractivity contribution in [1.29, 1.82) is 0 Å². The Balaban J connectivity index is 4.07. The van der Waals surface area contributed by atoms with E-state index < -0.39 is 15.9 Å². The molecule has 0 aromatic heterocycles. The van der Waals surface area contributed by atoms with E-state index in [1.807, 2.05) is 20.8 Å². The highest BCUT2D eigenvalue weighted by Crippen LogP contribution is 2.16. The summed E-state index contributed by atoms with van der Waals surface area (Å²) in [4.78, 5) is 11.4. The molecule has 3 N–H and O–H groups in total. The van der Waals surface area contributed by atoms with E-state index in [9.17, 15) is 13.2 Å². The molecule has 90 valence electrons. The van der Waals surface area contributed by atoms with Crippen LogP contribution in [0.15, 0.2) is 0 Å². The molecular formula is C9H20N2O3S. The fraction of sp³-hybridized carbons (Fsp3) is 0.889. The van der Waals surface area contributed by atoms with Gasteiger partial charge in [-0.25, -0.2) is 8.42 Å². The van der Waals surface area contributed by atoms with Crippen molar-refractivity contribution in [2.75, 3.05) is 18.6 Å². The molecule has 0 saturated carbocycles. The van der Waals surface area contributed by atoms with Crippen molar-refractivity contribution in [3.8, 4) is 0 Å². The van der Waals surface area contributed by atoms with Gasteiger partial charge in [0.25, 0.3) is 0 Å². The number of rotatable bonds is 4. The van der Waals surface area contributed by atoms with Crippen LogP contribution in [-0.2, 0) is 14.6 Å². The zero-order valence-electron chi connectivity index (χ0n) is 9.70. The van der Waals surface area contributed by atoms with Crippen LogP contribution < -0.4 is 11.1 Å². The van der Waals surface area contributed by atoms with Gasteiger partial charge in [-0.2, -0.15) is 0 Å². The third-order valence-electron chi connectivity index (χ3n) is 1.99. The molecule has 1 amide bonds. The molecule has 0 saturated heterocycles. The van der Waals surface area contributed by atoms with Crippen molar-refractivity contribution in [2.45, 2.75) is 26.8 Å². The molecule has 0 aliphatic carbocycles. The standard InChI is InChI=1S/C9H20N2O3S/c1-9(2,3)7(10)8(12)11-5-6-15(4,13)14/h7H,5-6,10H2,1-4H3,(H,11,12). The average molecular weight is 236 g/mol. The van der Waals surface area contributed by atoms with Crippen molar-refractivity contribution in [3.63, 3.8) is 0 Å². The van der Waals surface area contributed by atoms with Crippen molar-refractivity contribution in [1.82, 2.24) is 5.32 Å². The molecule has 0 fully saturated rings.